The van der Waals surface area contributed by atoms with Gasteiger partial charge in [-0.15, -0.1) is 0 Å². The molecule has 0 atom stereocenters. The highest BCUT2D eigenvalue weighted by Crippen LogP contribution is 2.17. The number of hydrogen-bond donors (Lipinski definition) is 2. The summed E-state index contributed by atoms with van der Waals surface area (Å²) in [4.78, 5) is 15.4. The average Bonchev–Trinajstić information content (AvgIpc) is 3.31. The van der Waals surface area contributed by atoms with Crippen LogP contribution in [0.4, 0.5) is 0 Å². The van der Waals surface area contributed by atoms with E-state index in [1.807, 2.05) is 54.8 Å². The van der Waals surface area contributed by atoms with Gasteiger partial charge in [0, 0.05) is 41.6 Å². The van der Waals surface area contributed by atoms with Gasteiger partial charge in [-0.1, -0.05) is 0 Å². The number of nitrogens with one attached hydrogen (secondary N) is 2. The molecule has 2 N–H and O–H groups in total. The van der Waals surface area contributed by atoms with Gasteiger partial charge in [-0.05, 0) is 60.7 Å². The fourth-order valence-corrected chi connectivity index (χ4v) is 2.59. The van der Waals surface area contributed by atoms with Crippen LogP contribution < -0.4 is 0 Å². The molecule has 0 fully saturated rings. The molecule has 0 aromatic carbocycles. The molecule has 4 heterocycles. The molecule has 2 aliphatic heterocycles. The number of aliphatic imine (C=N–C) groups is 2. The lowest BCUT2D eigenvalue weighted by molar-refractivity contribution is 1.19. The van der Waals surface area contributed by atoms with Crippen molar-refractivity contribution in [1.82, 2.24) is 9.97 Å². The average molecular weight is 300 g/mol. The summed E-state index contributed by atoms with van der Waals surface area (Å²) in [7, 11) is 0. The summed E-state index contributed by atoms with van der Waals surface area (Å²) in [5.74, 6) is 0. The second kappa shape index (κ2) is 5.93. The zero-order chi connectivity index (χ0) is 15.5. The van der Waals surface area contributed by atoms with Crippen LogP contribution in [-0.2, 0) is 6.42 Å². The van der Waals surface area contributed by atoms with E-state index in [1.165, 1.54) is 5.69 Å². The van der Waals surface area contributed by atoms with Gasteiger partial charge in [0.05, 0.1) is 11.4 Å². The van der Waals surface area contributed by atoms with Crippen LogP contribution in [-0.4, -0.2) is 21.9 Å². The Morgan fingerprint density at radius 1 is 0.957 bits per heavy atom. The molecule has 2 aromatic rings. The summed E-state index contributed by atoms with van der Waals surface area (Å²) in [6, 6.07) is 8.17. The Balaban J connectivity index is 1.48. The lowest BCUT2D eigenvalue weighted by atomic mass is 10.2. The number of nitrogens with zero attached hydrogens (tertiary/aromatic N) is 2. The molecule has 112 valence electrons. The van der Waals surface area contributed by atoms with Crippen LogP contribution in [0.1, 0.15) is 17.1 Å². The van der Waals surface area contributed by atoms with E-state index in [1.54, 1.807) is 6.21 Å². The van der Waals surface area contributed by atoms with Crippen LogP contribution in [0.25, 0.3) is 12.2 Å². The van der Waals surface area contributed by atoms with Crippen LogP contribution in [0.2, 0.25) is 0 Å². The standard InChI is InChI=1S/C19H16N4/c1-3-14(20-9-1)11-16-5-7-18(22-16)13-19-8-6-17(23-19)12-15-4-2-10-21-15/h1-11,13,21-22H,12H2. The van der Waals surface area contributed by atoms with Crippen LogP contribution in [0, 0.1) is 0 Å². The van der Waals surface area contributed by atoms with Gasteiger partial charge in [0.15, 0.2) is 0 Å². The normalized spacial score (nSPS) is 19.4. The Labute approximate surface area is 134 Å². The first-order valence-electron chi connectivity index (χ1n) is 7.56. The molecule has 0 aliphatic carbocycles. The minimum Gasteiger partial charge on any atom is -0.365 e. The molecule has 4 nitrogen and oxygen atoms in total. The molecule has 0 saturated carbocycles. The molecule has 2 aliphatic rings. The maximum Gasteiger partial charge on any atom is 0.0654 e. The summed E-state index contributed by atoms with van der Waals surface area (Å²) in [5.41, 5.74) is 6.23. The second-order valence-electron chi connectivity index (χ2n) is 5.45. The summed E-state index contributed by atoms with van der Waals surface area (Å²) in [6.45, 7) is 0. The van der Waals surface area contributed by atoms with Crippen molar-refractivity contribution in [1.29, 1.82) is 0 Å². The maximum absolute atomic E-state index is 4.65. The van der Waals surface area contributed by atoms with Gasteiger partial charge in [0.2, 0.25) is 0 Å². The monoisotopic (exact) mass is 300 g/mol. The van der Waals surface area contributed by atoms with E-state index in [-0.39, 0.29) is 0 Å². The molecular formula is C19H16N4. The molecule has 2 aromatic heterocycles. The summed E-state index contributed by atoms with van der Waals surface area (Å²) in [6.07, 6.45) is 16.6. The van der Waals surface area contributed by atoms with E-state index < -0.39 is 0 Å². The SMILES string of the molecule is C1=CC(=Cc2ccc(C=C3C=CC(Cc4ccc[nH]4)=N3)[nH]2)N=C1. The Kier molecular flexibility index (Phi) is 3.48. The first-order valence-corrected chi connectivity index (χ1v) is 7.56. The molecule has 23 heavy (non-hydrogen) atoms. The van der Waals surface area contributed by atoms with Gasteiger partial charge in [0.1, 0.15) is 0 Å². The summed E-state index contributed by atoms with van der Waals surface area (Å²) < 4.78 is 0. The van der Waals surface area contributed by atoms with Gasteiger partial charge >= 0.3 is 0 Å². The number of H-pyrrole nitrogens is 2. The van der Waals surface area contributed by atoms with Crippen molar-refractivity contribution in [3.63, 3.8) is 0 Å². The molecule has 4 rings (SSSR count). The van der Waals surface area contributed by atoms with E-state index in [9.17, 15) is 0 Å². The topological polar surface area (TPSA) is 56.3 Å². The van der Waals surface area contributed by atoms with Crippen LogP contribution in [0.15, 0.2) is 76.1 Å². The zero-order valence-corrected chi connectivity index (χ0v) is 12.5. The van der Waals surface area contributed by atoms with Crippen molar-refractivity contribution in [2.24, 2.45) is 9.98 Å². The first kappa shape index (κ1) is 13.5. The van der Waals surface area contributed by atoms with E-state index in [0.29, 0.717) is 0 Å². The third-order valence-corrected chi connectivity index (χ3v) is 3.67. The largest absolute Gasteiger partial charge is 0.365 e. The lowest BCUT2D eigenvalue weighted by Crippen LogP contribution is -1.96. The molecule has 0 unspecified atom stereocenters. The minimum absolute atomic E-state index is 0.827. The molecule has 0 radical (unpaired) electrons. The van der Waals surface area contributed by atoms with E-state index in [4.69, 9.17) is 0 Å². The van der Waals surface area contributed by atoms with Gasteiger partial charge in [0.25, 0.3) is 0 Å². The highest BCUT2D eigenvalue weighted by Gasteiger charge is 2.06. The molecule has 0 amide bonds. The minimum atomic E-state index is 0.827. The van der Waals surface area contributed by atoms with Gasteiger partial charge < -0.3 is 9.97 Å². The van der Waals surface area contributed by atoms with Gasteiger partial charge in [-0.25, -0.2) is 0 Å². The maximum atomic E-state index is 4.65. The fourth-order valence-electron chi connectivity index (χ4n) is 2.59. The predicted molar refractivity (Wildman–Crippen MR) is 95.5 cm³/mol. The number of aromatic amines is 2. The molecular weight excluding hydrogens is 284 g/mol. The quantitative estimate of drug-likeness (QED) is 0.860. The van der Waals surface area contributed by atoms with Crippen molar-refractivity contribution in [3.05, 3.63) is 83.2 Å². The Hall–Kier alpha value is -3.14. The first-order chi connectivity index (χ1) is 11.3. The number of rotatable bonds is 4. The van der Waals surface area contributed by atoms with Crippen molar-refractivity contribution in [2.45, 2.75) is 6.42 Å². The van der Waals surface area contributed by atoms with Crippen molar-refractivity contribution < 1.29 is 0 Å². The van der Waals surface area contributed by atoms with E-state index in [0.717, 1.165) is 34.9 Å². The van der Waals surface area contributed by atoms with Gasteiger partial charge in [-0.3, -0.25) is 9.98 Å². The molecule has 0 spiro atoms. The number of aromatic nitrogens is 2. The van der Waals surface area contributed by atoms with Crippen LogP contribution in [0.5, 0.6) is 0 Å². The van der Waals surface area contributed by atoms with Crippen molar-refractivity contribution in [2.75, 3.05) is 0 Å². The number of hydrogen-bond acceptors (Lipinski definition) is 2. The van der Waals surface area contributed by atoms with Crippen LogP contribution >= 0.6 is 0 Å². The fraction of sp³-hybridized carbons (Fsp3) is 0.0526. The molecule has 0 saturated heterocycles. The Morgan fingerprint density at radius 2 is 1.83 bits per heavy atom. The van der Waals surface area contributed by atoms with Crippen molar-refractivity contribution in [3.8, 4) is 0 Å². The smallest absolute Gasteiger partial charge is 0.0654 e. The van der Waals surface area contributed by atoms with Crippen LogP contribution in [0.3, 0.4) is 0 Å². The highest BCUT2D eigenvalue weighted by atomic mass is 14.8. The third-order valence-electron chi connectivity index (χ3n) is 3.67. The van der Waals surface area contributed by atoms with Gasteiger partial charge in [-0.2, -0.15) is 0 Å². The second-order valence-corrected chi connectivity index (χ2v) is 5.45. The summed E-state index contributed by atoms with van der Waals surface area (Å²) in [5, 5.41) is 0. The Bertz CT molecular complexity index is 870. The lowest BCUT2D eigenvalue weighted by Gasteiger charge is -1.95. The Morgan fingerprint density at radius 3 is 2.57 bits per heavy atom. The van der Waals surface area contributed by atoms with Crippen molar-refractivity contribution >= 4 is 24.1 Å². The predicted octanol–water partition coefficient (Wildman–Crippen LogP) is 3.92. The molecule has 4 heteroatoms. The molecule has 0 bridgehead atoms. The highest BCUT2D eigenvalue weighted by molar-refractivity contribution is 6.00. The van der Waals surface area contributed by atoms with E-state index >= 15 is 0 Å². The zero-order valence-electron chi connectivity index (χ0n) is 12.5. The summed E-state index contributed by atoms with van der Waals surface area (Å²) >= 11 is 0. The number of allylic oxidation sites excluding steroid dienone is 4. The third kappa shape index (κ3) is 3.21. The van der Waals surface area contributed by atoms with E-state index in [2.05, 4.69) is 32.1 Å².